The third-order valence-corrected chi connectivity index (χ3v) is 1.55. The van der Waals surface area contributed by atoms with Gasteiger partial charge in [-0.05, 0) is 12.8 Å². The molecule has 0 aromatic rings. The Balaban J connectivity index is 3.29. The highest BCUT2D eigenvalue weighted by Gasteiger charge is 1.96. The summed E-state index contributed by atoms with van der Waals surface area (Å²) >= 11 is 0. The predicted octanol–water partition coefficient (Wildman–Crippen LogP) is 1.99. The fourth-order valence-electron chi connectivity index (χ4n) is 0.865. The summed E-state index contributed by atoms with van der Waals surface area (Å²) < 4.78 is 0. The Morgan fingerprint density at radius 3 is 2.64 bits per heavy atom. The smallest absolute Gasteiger partial charge is 0.167 e. The van der Waals surface area contributed by atoms with E-state index in [1.54, 1.807) is 0 Å². The number of rotatable bonds is 6. The van der Waals surface area contributed by atoms with Crippen LogP contribution in [0.4, 0.5) is 0 Å². The molecule has 0 aliphatic carbocycles. The molecule has 0 spiro atoms. The van der Waals surface area contributed by atoms with E-state index < -0.39 is 0 Å². The van der Waals surface area contributed by atoms with Gasteiger partial charge in [-0.2, -0.15) is 0 Å². The van der Waals surface area contributed by atoms with E-state index in [4.69, 9.17) is 5.21 Å². The van der Waals surface area contributed by atoms with Crippen LogP contribution in [0.3, 0.4) is 0 Å². The lowest BCUT2D eigenvalue weighted by atomic mass is 10.1. The van der Waals surface area contributed by atoms with E-state index in [2.05, 4.69) is 12.1 Å². The first-order valence-corrected chi connectivity index (χ1v) is 4.01. The normalized spacial score (nSPS) is 11.5. The second kappa shape index (κ2) is 7.25. The fraction of sp³-hybridized carbons (Fsp3) is 0.750. The molecule has 3 heteroatoms. The van der Waals surface area contributed by atoms with E-state index >= 15 is 0 Å². The molecule has 0 radical (unpaired) electrons. The molecular formula is C8H15NO2. The van der Waals surface area contributed by atoms with Gasteiger partial charge in [-0.25, -0.2) is 0 Å². The third-order valence-electron chi connectivity index (χ3n) is 1.55. The van der Waals surface area contributed by atoms with Crippen molar-refractivity contribution in [1.82, 2.24) is 0 Å². The first-order chi connectivity index (χ1) is 5.35. The van der Waals surface area contributed by atoms with Crippen molar-refractivity contribution in [2.24, 2.45) is 5.16 Å². The highest BCUT2D eigenvalue weighted by atomic mass is 16.4. The highest BCUT2D eigenvalue weighted by molar-refractivity contribution is 6.27. The maximum Gasteiger partial charge on any atom is 0.167 e. The molecule has 0 saturated carbocycles. The zero-order valence-electron chi connectivity index (χ0n) is 6.92. The summed E-state index contributed by atoms with van der Waals surface area (Å²) in [5.41, 5.74) is 0.251. The number of oxime groups is 1. The molecule has 0 aromatic carbocycles. The van der Waals surface area contributed by atoms with E-state index in [1.807, 2.05) is 0 Å². The number of unbranched alkanes of at least 4 members (excludes halogenated alkanes) is 3. The summed E-state index contributed by atoms with van der Waals surface area (Å²) in [5.74, 6) is 0. The third kappa shape index (κ3) is 5.58. The Bertz CT molecular complexity index is 132. The number of aldehydes is 1. The zero-order chi connectivity index (χ0) is 8.53. The summed E-state index contributed by atoms with van der Waals surface area (Å²) in [7, 11) is 0. The van der Waals surface area contributed by atoms with Gasteiger partial charge in [0.05, 0.1) is 0 Å². The zero-order valence-corrected chi connectivity index (χ0v) is 6.92. The van der Waals surface area contributed by atoms with E-state index in [1.165, 1.54) is 12.8 Å². The molecule has 0 fully saturated rings. The van der Waals surface area contributed by atoms with Gasteiger partial charge < -0.3 is 5.21 Å². The lowest BCUT2D eigenvalue weighted by molar-refractivity contribution is -0.102. The fourth-order valence-corrected chi connectivity index (χ4v) is 0.865. The molecule has 0 heterocycles. The summed E-state index contributed by atoms with van der Waals surface area (Å²) in [6, 6.07) is 0. The van der Waals surface area contributed by atoms with Crippen LogP contribution in [0.2, 0.25) is 0 Å². The minimum Gasteiger partial charge on any atom is -0.411 e. The van der Waals surface area contributed by atoms with Gasteiger partial charge in [0.1, 0.15) is 5.71 Å². The average molecular weight is 157 g/mol. The van der Waals surface area contributed by atoms with Crippen LogP contribution in [0.1, 0.15) is 39.0 Å². The van der Waals surface area contributed by atoms with E-state index in [-0.39, 0.29) is 5.71 Å². The van der Waals surface area contributed by atoms with Crippen LogP contribution in [-0.4, -0.2) is 17.2 Å². The maximum atomic E-state index is 10.1. The topological polar surface area (TPSA) is 49.7 Å². The molecule has 0 atom stereocenters. The first kappa shape index (κ1) is 10.1. The van der Waals surface area contributed by atoms with E-state index in [9.17, 15) is 4.79 Å². The number of hydrogen-bond acceptors (Lipinski definition) is 3. The molecule has 0 aromatic heterocycles. The quantitative estimate of drug-likeness (QED) is 0.211. The van der Waals surface area contributed by atoms with Crippen LogP contribution in [0.5, 0.6) is 0 Å². The van der Waals surface area contributed by atoms with Gasteiger partial charge in [0, 0.05) is 0 Å². The van der Waals surface area contributed by atoms with Crippen LogP contribution < -0.4 is 0 Å². The number of carbonyl (C=O) groups is 1. The second-order valence-electron chi connectivity index (χ2n) is 2.52. The molecule has 0 unspecified atom stereocenters. The number of carbonyl (C=O) groups excluding carboxylic acids is 1. The Kier molecular flexibility index (Phi) is 6.68. The molecule has 64 valence electrons. The summed E-state index contributed by atoms with van der Waals surface area (Å²) in [5, 5.41) is 11.1. The number of nitrogens with zero attached hydrogens (tertiary/aromatic N) is 1. The predicted molar refractivity (Wildman–Crippen MR) is 44.0 cm³/mol. The number of hydrogen-bond donors (Lipinski definition) is 1. The minimum atomic E-state index is 0.251. The lowest BCUT2D eigenvalue weighted by Crippen LogP contribution is -1.98. The summed E-state index contributed by atoms with van der Waals surface area (Å²) in [6.07, 6.45) is 5.59. The Morgan fingerprint density at radius 2 is 2.18 bits per heavy atom. The van der Waals surface area contributed by atoms with Crippen LogP contribution in [0.25, 0.3) is 0 Å². The molecule has 0 saturated heterocycles. The van der Waals surface area contributed by atoms with Gasteiger partial charge in [0.2, 0.25) is 0 Å². The largest absolute Gasteiger partial charge is 0.411 e. The molecule has 0 aliphatic rings. The lowest BCUT2D eigenvalue weighted by Gasteiger charge is -1.95. The van der Waals surface area contributed by atoms with Crippen molar-refractivity contribution >= 4 is 12.0 Å². The molecule has 0 amide bonds. The molecule has 11 heavy (non-hydrogen) atoms. The van der Waals surface area contributed by atoms with Crippen LogP contribution in [0, 0.1) is 0 Å². The van der Waals surface area contributed by atoms with Gasteiger partial charge in [0.15, 0.2) is 6.29 Å². The highest BCUT2D eigenvalue weighted by Crippen LogP contribution is 2.02. The standard InChI is InChI=1S/C8H15NO2/c1-2-3-4-5-6-8(7-10)9-11/h7,11H,2-6H2,1H3/b9-8+. The monoisotopic (exact) mass is 157 g/mol. The molecule has 0 bridgehead atoms. The van der Waals surface area contributed by atoms with Crippen LogP contribution in [-0.2, 0) is 4.79 Å². The summed E-state index contributed by atoms with van der Waals surface area (Å²) in [4.78, 5) is 10.1. The van der Waals surface area contributed by atoms with Crippen molar-refractivity contribution in [2.75, 3.05) is 0 Å². The van der Waals surface area contributed by atoms with E-state index in [0.29, 0.717) is 12.7 Å². The maximum absolute atomic E-state index is 10.1. The van der Waals surface area contributed by atoms with Crippen LogP contribution >= 0.6 is 0 Å². The van der Waals surface area contributed by atoms with Crippen molar-refractivity contribution in [2.45, 2.75) is 39.0 Å². The van der Waals surface area contributed by atoms with Gasteiger partial charge in [-0.1, -0.05) is 31.3 Å². The van der Waals surface area contributed by atoms with Crippen molar-refractivity contribution in [1.29, 1.82) is 0 Å². The second-order valence-corrected chi connectivity index (χ2v) is 2.52. The minimum absolute atomic E-state index is 0.251. The molecule has 0 rings (SSSR count). The average Bonchev–Trinajstić information content (AvgIpc) is 2.05. The van der Waals surface area contributed by atoms with Crippen molar-refractivity contribution in [3.05, 3.63) is 0 Å². The van der Waals surface area contributed by atoms with Crippen molar-refractivity contribution < 1.29 is 10.0 Å². The first-order valence-electron chi connectivity index (χ1n) is 4.01. The van der Waals surface area contributed by atoms with Crippen molar-refractivity contribution in [3.63, 3.8) is 0 Å². The molecule has 0 aliphatic heterocycles. The van der Waals surface area contributed by atoms with Crippen LogP contribution in [0.15, 0.2) is 5.16 Å². The van der Waals surface area contributed by atoms with E-state index in [0.717, 1.165) is 12.8 Å². The van der Waals surface area contributed by atoms with Gasteiger partial charge in [-0.3, -0.25) is 4.79 Å². The van der Waals surface area contributed by atoms with Gasteiger partial charge in [0.25, 0.3) is 0 Å². The summed E-state index contributed by atoms with van der Waals surface area (Å²) in [6.45, 7) is 2.13. The Labute approximate surface area is 67.1 Å². The van der Waals surface area contributed by atoms with Crippen molar-refractivity contribution in [3.8, 4) is 0 Å². The molecule has 1 N–H and O–H groups in total. The van der Waals surface area contributed by atoms with Gasteiger partial charge >= 0.3 is 0 Å². The molecule has 3 nitrogen and oxygen atoms in total. The van der Waals surface area contributed by atoms with Gasteiger partial charge in [-0.15, -0.1) is 0 Å². The SMILES string of the molecule is CCCCCC/C(C=O)=N\O. The Morgan fingerprint density at radius 1 is 1.45 bits per heavy atom. The Hall–Kier alpha value is -0.860. The molecular weight excluding hydrogens is 142 g/mol.